The number of rotatable bonds is 5. The smallest absolute Gasteiger partial charge is 0.249 e. The summed E-state index contributed by atoms with van der Waals surface area (Å²) in [4.78, 5) is 20.8. The van der Waals surface area contributed by atoms with E-state index in [0.29, 0.717) is 24.9 Å². The minimum absolute atomic E-state index is 0.000983. The van der Waals surface area contributed by atoms with Crippen LogP contribution in [0.5, 0.6) is 0 Å². The maximum atomic E-state index is 13.4. The van der Waals surface area contributed by atoms with E-state index in [2.05, 4.69) is 43.0 Å². The minimum atomic E-state index is -2.49. The third-order valence-electron chi connectivity index (χ3n) is 7.42. The number of alkyl halides is 2. The molecule has 6 rings (SSSR count). The number of hydrogen-bond donors (Lipinski definition) is 1. The van der Waals surface area contributed by atoms with Crippen LogP contribution in [0.15, 0.2) is 42.7 Å². The third-order valence-corrected chi connectivity index (χ3v) is 7.42. The Morgan fingerprint density at radius 2 is 1.74 bits per heavy atom. The Hall–Kier alpha value is -3.07. The summed E-state index contributed by atoms with van der Waals surface area (Å²) in [6.07, 6.45) is 3.69. The number of benzene rings is 1. The summed E-state index contributed by atoms with van der Waals surface area (Å²) >= 11 is 0. The standard InChI is InChI=1S/C25H29F2N7/c1-2-32-8-10-33(11-9-32)19-6-7-21(28-13-19)30-23-29-12-18-4-3-5-20(22(18)31-23)34-16-24(17-34)14-25(26,27)15-24/h3-7,12-13H,2,8-11,14-17H2,1H3,(H,28,29,30,31). The summed E-state index contributed by atoms with van der Waals surface area (Å²) in [6, 6.07) is 9.98. The van der Waals surface area contributed by atoms with E-state index in [9.17, 15) is 8.78 Å². The van der Waals surface area contributed by atoms with Crippen LogP contribution < -0.4 is 15.1 Å². The SMILES string of the molecule is CCN1CCN(c2ccc(Nc3ncc4cccc(N5CC6(C5)CC(F)(F)C6)c4n3)nc2)CC1. The van der Waals surface area contributed by atoms with Gasteiger partial charge < -0.3 is 20.0 Å². The van der Waals surface area contributed by atoms with Crippen LogP contribution in [0, 0.1) is 5.41 Å². The molecule has 0 unspecified atom stereocenters. The van der Waals surface area contributed by atoms with Gasteiger partial charge in [0.25, 0.3) is 0 Å². The number of para-hydroxylation sites is 1. The van der Waals surface area contributed by atoms with Crippen LogP contribution in [0.25, 0.3) is 10.9 Å². The molecule has 1 saturated carbocycles. The van der Waals surface area contributed by atoms with Crippen LogP contribution in [-0.2, 0) is 0 Å². The predicted molar refractivity (Wildman–Crippen MR) is 130 cm³/mol. The molecule has 3 aliphatic rings. The summed E-state index contributed by atoms with van der Waals surface area (Å²) < 4.78 is 26.8. The van der Waals surface area contributed by atoms with Crippen LogP contribution >= 0.6 is 0 Å². The maximum Gasteiger partial charge on any atom is 0.249 e. The molecule has 4 heterocycles. The molecule has 2 aliphatic heterocycles. The van der Waals surface area contributed by atoms with Gasteiger partial charge in [-0.25, -0.2) is 23.7 Å². The number of piperazine rings is 1. The number of halogens is 2. The molecule has 7 nitrogen and oxygen atoms in total. The lowest BCUT2D eigenvalue weighted by atomic mass is 9.61. The first-order valence-corrected chi connectivity index (χ1v) is 12.0. The zero-order valence-electron chi connectivity index (χ0n) is 19.3. The van der Waals surface area contributed by atoms with E-state index in [-0.39, 0.29) is 18.3 Å². The van der Waals surface area contributed by atoms with Crippen LogP contribution in [-0.4, -0.2) is 71.6 Å². The Kier molecular flexibility index (Phi) is 5.05. The Morgan fingerprint density at radius 1 is 0.941 bits per heavy atom. The van der Waals surface area contributed by atoms with Crippen molar-refractivity contribution >= 4 is 34.0 Å². The summed E-state index contributed by atoms with van der Waals surface area (Å²) in [5.74, 6) is -1.33. The van der Waals surface area contributed by atoms with E-state index in [4.69, 9.17) is 4.98 Å². The highest BCUT2D eigenvalue weighted by Gasteiger charge is 2.61. The lowest BCUT2D eigenvalue weighted by Crippen LogP contribution is -2.66. The van der Waals surface area contributed by atoms with Crippen LogP contribution in [0.1, 0.15) is 19.8 Å². The fourth-order valence-corrected chi connectivity index (χ4v) is 5.64. The second-order valence-corrected chi connectivity index (χ2v) is 9.92. The predicted octanol–water partition coefficient (Wildman–Crippen LogP) is 4.15. The number of aromatic nitrogens is 3. The molecule has 9 heteroatoms. The summed E-state index contributed by atoms with van der Waals surface area (Å²) in [7, 11) is 0. The van der Waals surface area contributed by atoms with Crippen molar-refractivity contribution in [2.45, 2.75) is 25.7 Å². The van der Waals surface area contributed by atoms with E-state index in [1.54, 1.807) is 6.20 Å². The molecule has 1 N–H and O–H groups in total. The molecule has 0 radical (unpaired) electrons. The van der Waals surface area contributed by atoms with Gasteiger partial charge >= 0.3 is 0 Å². The van der Waals surface area contributed by atoms with Gasteiger partial charge in [0.2, 0.25) is 11.9 Å². The third kappa shape index (κ3) is 3.91. The van der Waals surface area contributed by atoms with Crippen molar-refractivity contribution in [1.82, 2.24) is 19.9 Å². The molecule has 3 aromatic rings. The molecule has 1 aromatic carbocycles. The van der Waals surface area contributed by atoms with Crippen LogP contribution in [0.2, 0.25) is 0 Å². The lowest BCUT2D eigenvalue weighted by Gasteiger charge is -2.59. The highest BCUT2D eigenvalue weighted by molar-refractivity contribution is 5.91. The number of nitrogens with one attached hydrogen (secondary N) is 1. The molecule has 2 saturated heterocycles. The largest absolute Gasteiger partial charge is 0.369 e. The number of pyridine rings is 1. The molecule has 1 aliphatic carbocycles. The van der Waals surface area contributed by atoms with Gasteiger partial charge in [-0.05, 0) is 24.7 Å². The lowest BCUT2D eigenvalue weighted by molar-refractivity contribution is -0.170. The number of fused-ring (bicyclic) bond motifs is 1. The molecule has 0 bridgehead atoms. The first-order valence-electron chi connectivity index (χ1n) is 12.0. The average molecular weight is 466 g/mol. The second kappa shape index (κ2) is 8.01. The Morgan fingerprint density at radius 3 is 2.41 bits per heavy atom. The maximum absolute atomic E-state index is 13.4. The van der Waals surface area contributed by atoms with Gasteiger partial charge in [0.15, 0.2) is 0 Å². The topological polar surface area (TPSA) is 60.4 Å². The molecule has 3 fully saturated rings. The Balaban J connectivity index is 1.16. The first-order chi connectivity index (χ1) is 16.4. The van der Waals surface area contributed by atoms with Gasteiger partial charge in [-0.2, -0.15) is 0 Å². The monoisotopic (exact) mass is 465 g/mol. The Labute approximate surface area is 197 Å². The van der Waals surface area contributed by atoms with Crippen molar-refractivity contribution < 1.29 is 8.78 Å². The van der Waals surface area contributed by atoms with Gasteiger partial charge in [-0.3, -0.25) is 0 Å². The zero-order valence-corrected chi connectivity index (χ0v) is 19.3. The van der Waals surface area contributed by atoms with Gasteiger partial charge in [0.1, 0.15) is 5.82 Å². The van der Waals surface area contributed by atoms with Crippen molar-refractivity contribution in [2.75, 3.05) is 60.9 Å². The molecular formula is C25H29F2N7. The first kappa shape index (κ1) is 21.5. The number of hydrogen-bond acceptors (Lipinski definition) is 7. The van der Waals surface area contributed by atoms with Crippen molar-refractivity contribution in [3.05, 3.63) is 42.7 Å². The number of likely N-dealkylation sites (N-methyl/N-ethyl adjacent to an activating group) is 1. The van der Waals surface area contributed by atoms with Gasteiger partial charge in [0.05, 0.1) is 23.1 Å². The summed E-state index contributed by atoms with van der Waals surface area (Å²) in [6.45, 7) is 8.77. The molecule has 0 amide bonds. The average Bonchev–Trinajstić information content (AvgIpc) is 2.81. The van der Waals surface area contributed by atoms with Gasteiger partial charge in [-0.1, -0.05) is 19.1 Å². The van der Waals surface area contributed by atoms with Crippen molar-refractivity contribution in [1.29, 1.82) is 0 Å². The van der Waals surface area contributed by atoms with Crippen molar-refractivity contribution in [3.63, 3.8) is 0 Å². The van der Waals surface area contributed by atoms with E-state index in [1.807, 2.05) is 30.5 Å². The van der Waals surface area contributed by atoms with Crippen molar-refractivity contribution in [2.24, 2.45) is 5.41 Å². The minimum Gasteiger partial charge on any atom is -0.369 e. The van der Waals surface area contributed by atoms with E-state index in [0.717, 1.165) is 55.0 Å². The molecule has 0 atom stereocenters. The van der Waals surface area contributed by atoms with E-state index >= 15 is 0 Å². The summed E-state index contributed by atoms with van der Waals surface area (Å²) in [5.41, 5.74) is 2.69. The van der Waals surface area contributed by atoms with Gasteiger partial charge in [0, 0.05) is 69.1 Å². The Bertz CT molecular complexity index is 1180. The summed E-state index contributed by atoms with van der Waals surface area (Å²) in [5, 5.41) is 4.14. The van der Waals surface area contributed by atoms with Crippen LogP contribution in [0.3, 0.4) is 0 Å². The molecule has 178 valence electrons. The number of nitrogens with zero attached hydrogens (tertiary/aromatic N) is 6. The molecule has 2 aromatic heterocycles. The fourth-order valence-electron chi connectivity index (χ4n) is 5.64. The highest BCUT2D eigenvalue weighted by atomic mass is 19.3. The zero-order chi connectivity index (χ0) is 23.3. The van der Waals surface area contributed by atoms with Crippen molar-refractivity contribution in [3.8, 4) is 0 Å². The highest BCUT2D eigenvalue weighted by Crippen LogP contribution is 2.57. The molecule has 34 heavy (non-hydrogen) atoms. The van der Waals surface area contributed by atoms with E-state index in [1.165, 1.54) is 0 Å². The van der Waals surface area contributed by atoms with E-state index < -0.39 is 5.92 Å². The molecule has 1 spiro atoms. The van der Waals surface area contributed by atoms with Crippen LogP contribution in [0.4, 0.5) is 31.9 Å². The normalized spacial score (nSPS) is 21.4. The molecular weight excluding hydrogens is 436 g/mol. The van der Waals surface area contributed by atoms with Gasteiger partial charge in [-0.15, -0.1) is 0 Å². The quantitative estimate of drug-likeness (QED) is 0.608. The fraction of sp³-hybridized carbons (Fsp3) is 0.480. The number of anilines is 4. The second-order valence-electron chi connectivity index (χ2n) is 9.92.